The zero-order valence-electron chi connectivity index (χ0n) is 8.39. The van der Waals surface area contributed by atoms with Crippen molar-refractivity contribution in [1.29, 1.82) is 0 Å². The van der Waals surface area contributed by atoms with E-state index in [-0.39, 0.29) is 18.5 Å². The van der Waals surface area contributed by atoms with Gasteiger partial charge in [-0.3, -0.25) is 4.79 Å². The molecule has 1 aromatic heterocycles. The standard InChI is InChI=1S/C8H14N6O/c15-8(5-14-6-10-12-13-14)11-7-1-3-9-4-2-7/h6-7,9H,1-5H2,(H,11,15). The molecule has 0 saturated carbocycles. The van der Waals surface area contributed by atoms with Crippen molar-refractivity contribution in [2.45, 2.75) is 25.4 Å². The minimum absolute atomic E-state index is 0.0331. The lowest BCUT2D eigenvalue weighted by atomic mass is 10.1. The summed E-state index contributed by atoms with van der Waals surface area (Å²) in [7, 11) is 0. The number of amides is 1. The van der Waals surface area contributed by atoms with E-state index in [0.717, 1.165) is 25.9 Å². The Kier molecular flexibility index (Phi) is 3.23. The molecule has 1 aliphatic heterocycles. The second-order valence-electron chi connectivity index (χ2n) is 3.60. The van der Waals surface area contributed by atoms with E-state index < -0.39 is 0 Å². The molecule has 1 amide bonds. The van der Waals surface area contributed by atoms with Crippen molar-refractivity contribution in [2.24, 2.45) is 0 Å². The van der Waals surface area contributed by atoms with Crippen molar-refractivity contribution in [3.8, 4) is 0 Å². The summed E-state index contributed by atoms with van der Waals surface area (Å²) in [6.45, 7) is 2.13. The molecule has 2 heterocycles. The van der Waals surface area contributed by atoms with Crippen LogP contribution >= 0.6 is 0 Å². The maximum absolute atomic E-state index is 11.5. The van der Waals surface area contributed by atoms with Crippen molar-refractivity contribution in [1.82, 2.24) is 30.8 Å². The lowest BCUT2D eigenvalue weighted by Gasteiger charge is -2.23. The van der Waals surface area contributed by atoms with Crippen molar-refractivity contribution < 1.29 is 4.79 Å². The summed E-state index contributed by atoms with van der Waals surface area (Å²) in [4.78, 5) is 11.5. The number of piperidine rings is 1. The molecule has 0 spiro atoms. The van der Waals surface area contributed by atoms with Crippen LogP contribution in [0, 0.1) is 0 Å². The van der Waals surface area contributed by atoms with Crippen LogP contribution in [0.15, 0.2) is 6.33 Å². The van der Waals surface area contributed by atoms with Gasteiger partial charge in [0, 0.05) is 6.04 Å². The van der Waals surface area contributed by atoms with Crippen LogP contribution in [-0.2, 0) is 11.3 Å². The Morgan fingerprint density at radius 1 is 1.53 bits per heavy atom. The molecule has 0 radical (unpaired) electrons. The first-order valence-corrected chi connectivity index (χ1v) is 5.05. The Labute approximate surface area is 87.2 Å². The smallest absolute Gasteiger partial charge is 0.242 e. The monoisotopic (exact) mass is 210 g/mol. The minimum atomic E-state index is -0.0331. The fourth-order valence-electron chi connectivity index (χ4n) is 1.64. The molecule has 1 aromatic rings. The van der Waals surface area contributed by atoms with E-state index in [1.165, 1.54) is 11.0 Å². The number of nitrogens with zero attached hydrogens (tertiary/aromatic N) is 4. The van der Waals surface area contributed by atoms with Gasteiger partial charge >= 0.3 is 0 Å². The van der Waals surface area contributed by atoms with Gasteiger partial charge in [0.2, 0.25) is 5.91 Å². The topological polar surface area (TPSA) is 84.7 Å². The van der Waals surface area contributed by atoms with E-state index in [1.807, 2.05) is 0 Å². The predicted molar refractivity (Wildman–Crippen MR) is 51.9 cm³/mol. The van der Waals surface area contributed by atoms with E-state index in [4.69, 9.17) is 0 Å². The first-order chi connectivity index (χ1) is 7.34. The number of carbonyl (C=O) groups is 1. The molecule has 1 aliphatic rings. The third kappa shape index (κ3) is 2.98. The van der Waals surface area contributed by atoms with Crippen LogP contribution in [0.3, 0.4) is 0 Å². The third-order valence-electron chi connectivity index (χ3n) is 2.40. The molecule has 2 rings (SSSR count). The van der Waals surface area contributed by atoms with E-state index >= 15 is 0 Å². The SMILES string of the molecule is O=C(Cn1cnnn1)NC1CCNCC1. The maximum Gasteiger partial charge on any atom is 0.242 e. The summed E-state index contributed by atoms with van der Waals surface area (Å²) in [5.74, 6) is -0.0331. The van der Waals surface area contributed by atoms with Gasteiger partial charge in [0.1, 0.15) is 12.9 Å². The highest BCUT2D eigenvalue weighted by Crippen LogP contribution is 2.01. The van der Waals surface area contributed by atoms with Gasteiger partial charge in [-0.2, -0.15) is 0 Å². The summed E-state index contributed by atoms with van der Waals surface area (Å²) in [5.41, 5.74) is 0. The van der Waals surface area contributed by atoms with Gasteiger partial charge in [-0.25, -0.2) is 4.68 Å². The van der Waals surface area contributed by atoms with Crippen molar-refractivity contribution in [3.05, 3.63) is 6.33 Å². The van der Waals surface area contributed by atoms with E-state index in [0.29, 0.717) is 0 Å². The molecule has 15 heavy (non-hydrogen) atoms. The highest BCUT2D eigenvalue weighted by atomic mass is 16.2. The quantitative estimate of drug-likeness (QED) is 0.637. The van der Waals surface area contributed by atoms with Gasteiger partial charge in [0.15, 0.2) is 0 Å². The molecule has 2 N–H and O–H groups in total. The summed E-state index contributed by atoms with van der Waals surface area (Å²) >= 11 is 0. The Balaban J connectivity index is 1.76. The zero-order valence-corrected chi connectivity index (χ0v) is 8.39. The number of tetrazole rings is 1. The van der Waals surface area contributed by atoms with Crippen molar-refractivity contribution >= 4 is 5.91 Å². The molecule has 82 valence electrons. The largest absolute Gasteiger partial charge is 0.352 e. The van der Waals surface area contributed by atoms with Crippen molar-refractivity contribution in [3.63, 3.8) is 0 Å². The maximum atomic E-state index is 11.5. The highest BCUT2D eigenvalue weighted by Gasteiger charge is 2.15. The normalized spacial score (nSPS) is 17.6. The minimum Gasteiger partial charge on any atom is -0.352 e. The molecule has 1 fully saturated rings. The van der Waals surface area contributed by atoms with Gasteiger partial charge < -0.3 is 10.6 Å². The van der Waals surface area contributed by atoms with Gasteiger partial charge in [-0.1, -0.05) is 0 Å². The molecule has 0 atom stereocenters. The average Bonchev–Trinajstić information content (AvgIpc) is 2.71. The van der Waals surface area contributed by atoms with Gasteiger partial charge in [-0.15, -0.1) is 5.10 Å². The Bertz CT molecular complexity index is 305. The molecule has 7 nitrogen and oxygen atoms in total. The number of hydrogen-bond donors (Lipinski definition) is 2. The molecule has 0 aromatic carbocycles. The molecule has 0 bridgehead atoms. The molecule has 0 unspecified atom stereocenters. The predicted octanol–water partition coefficient (Wildman–Crippen LogP) is -1.46. The summed E-state index contributed by atoms with van der Waals surface area (Å²) in [5, 5.41) is 16.8. The van der Waals surface area contributed by atoms with Crippen LogP contribution in [0.4, 0.5) is 0 Å². The Morgan fingerprint density at radius 3 is 3.00 bits per heavy atom. The van der Waals surface area contributed by atoms with Gasteiger partial charge in [0.05, 0.1) is 0 Å². The number of carbonyl (C=O) groups excluding carboxylic acids is 1. The highest BCUT2D eigenvalue weighted by molar-refractivity contribution is 5.75. The molecule has 7 heteroatoms. The molecule has 0 aliphatic carbocycles. The van der Waals surface area contributed by atoms with Gasteiger partial charge in [0.25, 0.3) is 0 Å². The third-order valence-corrected chi connectivity index (χ3v) is 2.40. The fourth-order valence-corrected chi connectivity index (χ4v) is 1.64. The lowest BCUT2D eigenvalue weighted by Crippen LogP contribution is -2.43. The van der Waals surface area contributed by atoms with Crippen LogP contribution in [0.5, 0.6) is 0 Å². The van der Waals surface area contributed by atoms with Gasteiger partial charge in [-0.05, 0) is 36.4 Å². The second kappa shape index (κ2) is 4.83. The zero-order chi connectivity index (χ0) is 10.5. The van der Waals surface area contributed by atoms with Crippen LogP contribution < -0.4 is 10.6 Å². The molecular weight excluding hydrogens is 196 g/mol. The van der Waals surface area contributed by atoms with E-state index in [2.05, 4.69) is 26.2 Å². The first-order valence-electron chi connectivity index (χ1n) is 5.05. The Hall–Kier alpha value is -1.50. The summed E-state index contributed by atoms with van der Waals surface area (Å²) in [6.07, 6.45) is 3.41. The summed E-state index contributed by atoms with van der Waals surface area (Å²) < 4.78 is 1.41. The molecular formula is C8H14N6O. The number of rotatable bonds is 3. The average molecular weight is 210 g/mol. The Morgan fingerprint density at radius 2 is 2.33 bits per heavy atom. The lowest BCUT2D eigenvalue weighted by molar-refractivity contribution is -0.122. The van der Waals surface area contributed by atoms with Crippen LogP contribution in [0.25, 0.3) is 0 Å². The van der Waals surface area contributed by atoms with Crippen LogP contribution in [-0.4, -0.2) is 45.2 Å². The van der Waals surface area contributed by atoms with Crippen LogP contribution in [0.2, 0.25) is 0 Å². The van der Waals surface area contributed by atoms with E-state index in [1.54, 1.807) is 0 Å². The molecule has 1 saturated heterocycles. The van der Waals surface area contributed by atoms with E-state index in [9.17, 15) is 4.79 Å². The van der Waals surface area contributed by atoms with Crippen molar-refractivity contribution in [2.75, 3.05) is 13.1 Å². The number of aromatic nitrogens is 4. The number of nitrogens with one attached hydrogen (secondary N) is 2. The summed E-state index contributed by atoms with van der Waals surface area (Å²) in [6, 6.07) is 0.287. The van der Waals surface area contributed by atoms with Crippen LogP contribution in [0.1, 0.15) is 12.8 Å². The second-order valence-corrected chi connectivity index (χ2v) is 3.60. The number of hydrogen-bond acceptors (Lipinski definition) is 5. The first kappa shape index (κ1) is 10.0. The fraction of sp³-hybridized carbons (Fsp3) is 0.750.